The highest BCUT2D eigenvalue weighted by Gasteiger charge is 2.25. The molecule has 0 N–H and O–H groups in total. The van der Waals surface area contributed by atoms with Gasteiger partial charge < -0.3 is 9.22 Å². The Hall–Kier alpha value is -0.850. The third-order valence-corrected chi connectivity index (χ3v) is 2.28. The fourth-order valence-electron chi connectivity index (χ4n) is 1.44. The molecular formula is C9H15N2O+. The summed E-state index contributed by atoms with van der Waals surface area (Å²) in [6, 6.07) is 2.09. The van der Waals surface area contributed by atoms with E-state index in [2.05, 4.69) is 19.7 Å². The molecule has 1 aliphatic rings. The van der Waals surface area contributed by atoms with Crippen molar-refractivity contribution in [2.24, 2.45) is 0 Å². The average molecular weight is 167 g/mol. The molecule has 0 aliphatic carbocycles. The van der Waals surface area contributed by atoms with Gasteiger partial charge in [0, 0.05) is 0 Å². The number of hydrogen-bond donors (Lipinski definition) is 0. The Labute approximate surface area is 73.4 Å². The van der Waals surface area contributed by atoms with E-state index >= 15 is 0 Å². The van der Waals surface area contributed by atoms with Gasteiger partial charge in [-0.2, -0.15) is 5.26 Å². The van der Waals surface area contributed by atoms with Gasteiger partial charge in [-0.25, -0.2) is 0 Å². The minimum Gasteiger partial charge on any atom is -0.370 e. The molecule has 1 saturated heterocycles. The van der Waals surface area contributed by atoms with E-state index in [1.165, 1.54) is 0 Å². The summed E-state index contributed by atoms with van der Waals surface area (Å²) in [7, 11) is 2.14. The standard InChI is InChI=1S/C9H15N2O/c1-9(7-10)8-11(2)3-5-12-6-4-11/h1,3-6,8H2,2H3/q+1. The van der Waals surface area contributed by atoms with Crippen molar-refractivity contribution in [3.63, 3.8) is 0 Å². The van der Waals surface area contributed by atoms with Crippen LogP contribution in [0.15, 0.2) is 12.2 Å². The first-order valence-electron chi connectivity index (χ1n) is 4.15. The van der Waals surface area contributed by atoms with Crippen LogP contribution in [-0.2, 0) is 4.74 Å². The van der Waals surface area contributed by atoms with Gasteiger partial charge in [0.1, 0.15) is 19.6 Å². The molecule has 1 aliphatic heterocycles. The zero-order valence-corrected chi connectivity index (χ0v) is 7.55. The van der Waals surface area contributed by atoms with Gasteiger partial charge in [-0.1, -0.05) is 6.58 Å². The highest BCUT2D eigenvalue weighted by Crippen LogP contribution is 2.09. The van der Waals surface area contributed by atoms with Crippen molar-refractivity contribution in [3.05, 3.63) is 12.2 Å². The molecular weight excluding hydrogens is 152 g/mol. The largest absolute Gasteiger partial charge is 0.370 e. The summed E-state index contributed by atoms with van der Waals surface area (Å²) in [4.78, 5) is 0. The zero-order chi connectivity index (χ0) is 9.03. The molecule has 0 aromatic carbocycles. The van der Waals surface area contributed by atoms with E-state index in [1.54, 1.807) is 0 Å². The van der Waals surface area contributed by atoms with Crippen molar-refractivity contribution in [3.8, 4) is 6.07 Å². The number of likely N-dealkylation sites (N-methyl/N-ethyl adjacent to an activating group) is 1. The van der Waals surface area contributed by atoms with Gasteiger partial charge in [0.15, 0.2) is 0 Å². The van der Waals surface area contributed by atoms with Crippen LogP contribution in [0.25, 0.3) is 0 Å². The zero-order valence-electron chi connectivity index (χ0n) is 7.55. The highest BCUT2D eigenvalue weighted by molar-refractivity contribution is 5.15. The smallest absolute Gasteiger partial charge is 0.114 e. The summed E-state index contributed by atoms with van der Waals surface area (Å²) >= 11 is 0. The van der Waals surface area contributed by atoms with E-state index in [1.807, 2.05) is 0 Å². The fraction of sp³-hybridized carbons (Fsp3) is 0.667. The lowest BCUT2D eigenvalue weighted by Crippen LogP contribution is -2.52. The number of morpholine rings is 1. The SMILES string of the molecule is C=C(C#N)C[N+]1(C)CCOCC1. The van der Waals surface area contributed by atoms with Gasteiger partial charge in [0.05, 0.1) is 31.9 Å². The molecule has 0 aromatic heterocycles. The minimum absolute atomic E-state index is 0.666. The van der Waals surface area contributed by atoms with Crippen LogP contribution in [0, 0.1) is 11.3 Å². The van der Waals surface area contributed by atoms with Gasteiger partial charge in [0.2, 0.25) is 0 Å². The highest BCUT2D eigenvalue weighted by atomic mass is 16.5. The van der Waals surface area contributed by atoms with E-state index in [-0.39, 0.29) is 0 Å². The third kappa shape index (κ3) is 2.33. The Morgan fingerprint density at radius 3 is 2.67 bits per heavy atom. The maximum Gasteiger partial charge on any atom is 0.114 e. The quantitative estimate of drug-likeness (QED) is 0.444. The van der Waals surface area contributed by atoms with Gasteiger partial charge in [-0.3, -0.25) is 0 Å². The Morgan fingerprint density at radius 2 is 2.17 bits per heavy atom. The molecule has 0 spiro atoms. The van der Waals surface area contributed by atoms with E-state index in [0.29, 0.717) is 5.57 Å². The van der Waals surface area contributed by atoms with Crippen LogP contribution in [-0.4, -0.2) is 44.4 Å². The lowest BCUT2D eigenvalue weighted by Gasteiger charge is -2.37. The number of nitriles is 1. The first-order valence-corrected chi connectivity index (χ1v) is 4.15. The molecule has 0 bridgehead atoms. The minimum atomic E-state index is 0.666. The lowest BCUT2D eigenvalue weighted by atomic mass is 10.2. The van der Waals surface area contributed by atoms with Crippen molar-refractivity contribution in [2.45, 2.75) is 0 Å². The van der Waals surface area contributed by atoms with Gasteiger partial charge in [-0.15, -0.1) is 0 Å². The second-order valence-electron chi connectivity index (χ2n) is 3.55. The summed E-state index contributed by atoms with van der Waals surface area (Å²) in [6.07, 6.45) is 0. The molecule has 3 nitrogen and oxygen atoms in total. The molecule has 12 heavy (non-hydrogen) atoms. The van der Waals surface area contributed by atoms with Crippen LogP contribution in [0.3, 0.4) is 0 Å². The molecule has 0 amide bonds. The van der Waals surface area contributed by atoms with E-state index in [9.17, 15) is 0 Å². The number of quaternary nitrogens is 1. The van der Waals surface area contributed by atoms with Crippen molar-refractivity contribution in [2.75, 3.05) is 39.9 Å². The van der Waals surface area contributed by atoms with Crippen molar-refractivity contribution >= 4 is 0 Å². The predicted molar refractivity (Wildman–Crippen MR) is 46.4 cm³/mol. The van der Waals surface area contributed by atoms with Crippen LogP contribution < -0.4 is 0 Å². The van der Waals surface area contributed by atoms with Crippen LogP contribution >= 0.6 is 0 Å². The second kappa shape index (κ2) is 3.70. The maximum absolute atomic E-state index is 8.59. The van der Waals surface area contributed by atoms with Crippen molar-refractivity contribution in [1.29, 1.82) is 5.26 Å². The Kier molecular flexibility index (Phi) is 2.85. The first kappa shape index (κ1) is 9.24. The Bertz CT molecular complexity index is 211. The molecule has 3 heteroatoms. The maximum atomic E-state index is 8.59. The number of ether oxygens (including phenoxy) is 1. The fourth-order valence-corrected chi connectivity index (χ4v) is 1.44. The summed E-state index contributed by atoms with van der Waals surface area (Å²) in [5, 5.41) is 8.59. The number of rotatable bonds is 2. The number of hydrogen-bond acceptors (Lipinski definition) is 2. The molecule has 0 atom stereocenters. The summed E-state index contributed by atoms with van der Waals surface area (Å²) in [6.45, 7) is 8.03. The predicted octanol–water partition coefficient (Wildman–Crippen LogP) is 0.543. The van der Waals surface area contributed by atoms with Crippen LogP contribution in [0.2, 0.25) is 0 Å². The Balaban J connectivity index is 2.48. The molecule has 0 radical (unpaired) electrons. The molecule has 0 aromatic rings. The van der Waals surface area contributed by atoms with E-state index < -0.39 is 0 Å². The van der Waals surface area contributed by atoms with Gasteiger partial charge in [0.25, 0.3) is 0 Å². The molecule has 1 heterocycles. The lowest BCUT2D eigenvalue weighted by molar-refractivity contribution is -0.912. The molecule has 1 fully saturated rings. The molecule has 0 saturated carbocycles. The third-order valence-electron chi connectivity index (χ3n) is 2.28. The Morgan fingerprint density at radius 1 is 1.58 bits per heavy atom. The summed E-state index contributed by atoms with van der Waals surface area (Å²) < 4.78 is 6.15. The average Bonchev–Trinajstić information content (AvgIpc) is 2.05. The topological polar surface area (TPSA) is 33.0 Å². The van der Waals surface area contributed by atoms with E-state index in [4.69, 9.17) is 10.00 Å². The van der Waals surface area contributed by atoms with Crippen molar-refractivity contribution < 1.29 is 9.22 Å². The number of nitrogens with zero attached hydrogens (tertiary/aromatic N) is 2. The van der Waals surface area contributed by atoms with Gasteiger partial charge in [-0.05, 0) is 0 Å². The normalized spacial score (nSPS) is 21.3. The molecule has 0 unspecified atom stereocenters. The molecule has 1 rings (SSSR count). The van der Waals surface area contributed by atoms with Crippen LogP contribution in [0.4, 0.5) is 0 Å². The monoisotopic (exact) mass is 167 g/mol. The van der Waals surface area contributed by atoms with Crippen LogP contribution in [0.1, 0.15) is 0 Å². The van der Waals surface area contributed by atoms with E-state index in [0.717, 1.165) is 37.3 Å². The first-order chi connectivity index (χ1) is 5.66. The molecule has 66 valence electrons. The summed E-state index contributed by atoms with van der Waals surface area (Å²) in [5.74, 6) is 0. The summed E-state index contributed by atoms with van der Waals surface area (Å²) in [5.41, 5.74) is 0.666. The van der Waals surface area contributed by atoms with Gasteiger partial charge >= 0.3 is 0 Å². The second-order valence-corrected chi connectivity index (χ2v) is 3.55. The van der Waals surface area contributed by atoms with Crippen LogP contribution in [0.5, 0.6) is 0 Å². The van der Waals surface area contributed by atoms with Crippen molar-refractivity contribution in [1.82, 2.24) is 0 Å².